The van der Waals surface area contributed by atoms with E-state index in [9.17, 15) is 14.7 Å². The largest absolute Gasteiger partial charge is 0.496 e. The van der Waals surface area contributed by atoms with Gasteiger partial charge in [-0.15, -0.1) is 0 Å². The van der Waals surface area contributed by atoms with Gasteiger partial charge in [-0.1, -0.05) is 26.0 Å². The number of aliphatic hydroxyl groups is 1. The number of hydrogen-bond acceptors (Lipinski definition) is 6. The number of carbonyl (C=O) groups excluding carboxylic acids is 1. The van der Waals surface area contributed by atoms with Crippen molar-refractivity contribution in [2.45, 2.75) is 45.4 Å². The van der Waals surface area contributed by atoms with E-state index in [4.69, 9.17) is 14.5 Å². The van der Waals surface area contributed by atoms with E-state index in [1.807, 2.05) is 18.2 Å². The second kappa shape index (κ2) is 6.40. The van der Waals surface area contributed by atoms with Crippen molar-refractivity contribution in [1.29, 1.82) is 0 Å². The van der Waals surface area contributed by atoms with Crippen LogP contribution in [0.25, 0.3) is 22.3 Å². The molecular weight excluding hydrogens is 384 g/mol. The number of carbonyl (C=O) groups is 1. The number of ether oxygens (including phenoxy) is 2. The Morgan fingerprint density at radius 1 is 1.27 bits per heavy atom. The molecule has 4 heterocycles. The van der Waals surface area contributed by atoms with Gasteiger partial charge in [0, 0.05) is 16.5 Å². The van der Waals surface area contributed by atoms with E-state index in [0.29, 0.717) is 34.8 Å². The fraction of sp³-hybridized carbons (Fsp3) is 0.348. The van der Waals surface area contributed by atoms with Crippen LogP contribution in [-0.2, 0) is 34.7 Å². The maximum atomic E-state index is 13.3. The third kappa shape index (κ3) is 2.26. The number of benzene rings is 1. The highest BCUT2D eigenvalue weighted by Gasteiger charge is 2.45. The molecule has 2 aromatic heterocycles. The van der Waals surface area contributed by atoms with Crippen molar-refractivity contribution in [1.82, 2.24) is 9.55 Å². The number of aryl methyl sites for hydroxylation is 1. The number of aromatic nitrogens is 2. The second-order valence-electron chi connectivity index (χ2n) is 7.74. The lowest BCUT2D eigenvalue weighted by Gasteiger charge is -2.31. The van der Waals surface area contributed by atoms with Gasteiger partial charge in [-0.3, -0.25) is 4.79 Å². The first-order valence-corrected chi connectivity index (χ1v) is 10.1. The monoisotopic (exact) mass is 406 g/mol. The van der Waals surface area contributed by atoms with Crippen LogP contribution >= 0.6 is 0 Å². The Labute approximate surface area is 172 Å². The summed E-state index contributed by atoms with van der Waals surface area (Å²) >= 11 is 0. The van der Waals surface area contributed by atoms with Gasteiger partial charge in [0.15, 0.2) is 5.60 Å². The maximum Gasteiger partial charge on any atom is 0.343 e. The number of cyclic esters (lactones) is 1. The molecule has 1 N–H and O–H groups in total. The van der Waals surface area contributed by atoms with Crippen LogP contribution < -0.4 is 10.3 Å². The van der Waals surface area contributed by atoms with E-state index in [-0.39, 0.29) is 18.6 Å². The van der Waals surface area contributed by atoms with Crippen molar-refractivity contribution in [3.8, 4) is 17.1 Å². The Balaban J connectivity index is 1.85. The number of rotatable bonds is 3. The number of nitrogens with zero attached hydrogens (tertiary/aromatic N) is 2. The zero-order valence-electron chi connectivity index (χ0n) is 17.1. The number of para-hydroxylation sites is 1. The quantitative estimate of drug-likeness (QED) is 0.526. The van der Waals surface area contributed by atoms with Crippen LogP contribution in [0.5, 0.6) is 5.75 Å². The van der Waals surface area contributed by atoms with Crippen LogP contribution in [0.3, 0.4) is 0 Å². The lowest BCUT2D eigenvalue weighted by atomic mass is 9.86. The molecule has 0 bridgehead atoms. The molecule has 154 valence electrons. The number of methoxy groups -OCH3 is 1. The Kier molecular flexibility index (Phi) is 4.02. The normalized spacial score (nSPS) is 19.3. The Bertz CT molecular complexity index is 1290. The van der Waals surface area contributed by atoms with Gasteiger partial charge in [0.25, 0.3) is 5.56 Å². The smallest absolute Gasteiger partial charge is 0.343 e. The second-order valence-corrected chi connectivity index (χ2v) is 7.74. The highest BCUT2D eigenvalue weighted by atomic mass is 16.6. The summed E-state index contributed by atoms with van der Waals surface area (Å²) in [7, 11) is 1.62. The van der Waals surface area contributed by atoms with Crippen LogP contribution in [0.4, 0.5) is 0 Å². The van der Waals surface area contributed by atoms with E-state index >= 15 is 0 Å². The highest BCUT2D eigenvalue weighted by molar-refractivity contribution is 5.93. The number of pyridine rings is 2. The predicted octanol–water partition coefficient (Wildman–Crippen LogP) is 2.65. The van der Waals surface area contributed by atoms with Gasteiger partial charge in [0.1, 0.15) is 12.4 Å². The predicted molar refractivity (Wildman–Crippen MR) is 110 cm³/mol. The summed E-state index contributed by atoms with van der Waals surface area (Å²) in [5, 5.41) is 11.9. The lowest BCUT2D eigenvalue weighted by Crippen LogP contribution is -2.44. The third-order valence-electron chi connectivity index (χ3n) is 6.33. The van der Waals surface area contributed by atoms with Crippen LogP contribution in [0.1, 0.15) is 42.5 Å². The van der Waals surface area contributed by atoms with E-state index in [1.54, 1.807) is 24.7 Å². The van der Waals surface area contributed by atoms with Crippen molar-refractivity contribution >= 4 is 16.9 Å². The standard InChI is InChI=1S/C23H22N2O5/c1-4-12-7-6-8-13-18(12)24-19-14(20(13)29-3)10-25-17(19)9-16-15(21(25)26)11-30-22(27)23(16,28)5-2/h6-9,28H,4-5,10-11H2,1-3H3/t23-/m0/s1. The summed E-state index contributed by atoms with van der Waals surface area (Å²) in [6.45, 7) is 3.94. The van der Waals surface area contributed by atoms with E-state index in [0.717, 1.165) is 28.5 Å². The molecule has 0 radical (unpaired) electrons. The van der Waals surface area contributed by atoms with Crippen LogP contribution in [0, 0.1) is 0 Å². The zero-order valence-corrected chi connectivity index (χ0v) is 17.1. The van der Waals surface area contributed by atoms with Crippen LogP contribution in [-0.4, -0.2) is 27.7 Å². The third-order valence-corrected chi connectivity index (χ3v) is 6.33. The summed E-state index contributed by atoms with van der Waals surface area (Å²) in [5.41, 5.74) is 2.50. The topological polar surface area (TPSA) is 90.6 Å². The molecule has 0 amide bonds. The summed E-state index contributed by atoms with van der Waals surface area (Å²) in [6.07, 6.45) is 0.924. The van der Waals surface area contributed by atoms with E-state index < -0.39 is 11.6 Å². The SMILES string of the molecule is CCc1cccc2c(OC)c3c(nc12)-c1cc2c(c(=O)n1C3)COC(=O)[C@]2(O)CC. The van der Waals surface area contributed by atoms with Crippen molar-refractivity contribution in [3.63, 3.8) is 0 Å². The first-order valence-electron chi connectivity index (χ1n) is 10.1. The van der Waals surface area contributed by atoms with Crippen molar-refractivity contribution in [3.05, 3.63) is 56.9 Å². The molecule has 0 unspecified atom stereocenters. The van der Waals surface area contributed by atoms with Crippen molar-refractivity contribution in [2.24, 2.45) is 0 Å². The molecule has 5 rings (SSSR count). The maximum absolute atomic E-state index is 13.3. The van der Waals surface area contributed by atoms with Crippen LogP contribution in [0.2, 0.25) is 0 Å². The molecule has 2 aliphatic rings. The molecule has 30 heavy (non-hydrogen) atoms. The molecule has 1 aromatic carbocycles. The van der Waals surface area contributed by atoms with E-state index in [2.05, 4.69) is 6.92 Å². The minimum Gasteiger partial charge on any atom is -0.496 e. The summed E-state index contributed by atoms with van der Waals surface area (Å²) in [4.78, 5) is 30.5. The molecule has 3 aromatic rings. The molecular formula is C23H22N2O5. The van der Waals surface area contributed by atoms with Gasteiger partial charge in [-0.25, -0.2) is 9.78 Å². The van der Waals surface area contributed by atoms with Gasteiger partial charge < -0.3 is 19.1 Å². The fourth-order valence-electron chi connectivity index (χ4n) is 4.64. The molecule has 0 saturated carbocycles. The highest BCUT2D eigenvalue weighted by Crippen LogP contribution is 2.43. The molecule has 0 saturated heterocycles. The van der Waals surface area contributed by atoms with E-state index in [1.165, 1.54) is 0 Å². The first kappa shape index (κ1) is 18.8. The van der Waals surface area contributed by atoms with Gasteiger partial charge in [0.05, 0.1) is 36.1 Å². The van der Waals surface area contributed by atoms with Gasteiger partial charge in [-0.2, -0.15) is 0 Å². The molecule has 7 heteroatoms. The molecule has 7 nitrogen and oxygen atoms in total. The Morgan fingerprint density at radius 3 is 2.77 bits per heavy atom. The fourth-order valence-corrected chi connectivity index (χ4v) is 4.64. The lowest BCUT2D eigenvalue weighted by molar-refractivity contribution is -0.172. The molecule has 1 atom stereocenters. The van der Waals surface area contributed by atoms with Crippen molar-refractivity contribution < 1.29 is 19.4 Å². The molecule has 2 aliphatic heterocycles. The minimum atomic E-state index is -1.83. The summed E-state index contributed by atoms with van der Waals surface area (Å²) in [6, 6.07) is 7.70. The van der Waals surface area contributed by atoms with Crippen molar-refractivity contribution in [2.75, 3.05) is 7.11 Å². The number of fused-ring (bicyclic) bond motifs is 5. The van der Waals surface area contributed by atoms with Gasteiger partial charge >= 0.3 is 5.97 Å². The Hall–Kier alpha value is -3.19. The minimum absolute atomic E-state index is 0.114. The van der Waals surface area contributed by atoms with Crippen LogP contribution in [0.15, 0.2) is 29.1 Å². The number of esters is 1. The molecule has 0 aliphatic carbocycles. The average molecular weight is 406 g/mol. The first-order chi connectivity index (χ1) is 14.4. The Morgan fingerprint density at radius 2 is 2.07 bits per heavy atom. The summed E-state index contributed by atoms with van der Waals surface area (Å²) in [5.74, 6) is -0.0261. The zero-order chi connectivity index (χ0) is 21.2. The van der Waals surface area contributed by atoms with Gasteiger partial charge in [0.2, 0.25) is 0 Å². The molecule has 0 spiro atoms. The molecule has 0 fully saturated rings. The average Bonchev–Trinajstić information content (AvgIpc) is 3.13. The summed E-state index contributed by atoms with van der Waals surface area (Å²) < 4.78 is 12.5. The number of hydrogen-bond donors (Lipinski definition) is 1. The van der Waals surface area contributed by atoms with Gasteiger partial charge in [-0.05, 0) is 30.5 Å².